The fourth-order valence-corrected chi connectivity index (χ4v) is 4.02. The van der Waals surface area contributed by atoms with E-state index in [-0.39, 0.29) is 16.9 Å². The third-order valence-electron chi connectivity index (χ3n) is 4.53. The van der Waals surface area contributed by atoms with E-state index in [1.165, 1.54) is 0 Å². The number of rotatable bonds is 5. The molecule has 2 heterocycles. The van der Waals surface area contributed by atoms with Crippen LogP contribution in [0.2, 0.25) is 0 Å². The molecule has 9 heteroatoms. The maximum atomic E-state index is 13.4. The van der Waals surface area contributed by atoms with Crippen LogP contribution in [0.5, 0.6) is 0 Å². The number of halogens is 3. The predicted molar refractivity (Wildman–Crippen MR) is 110 cm³/mol. The Kier molecular flexibility index (Phi) is 5.63. The van der Waals surface area contributed by atoms with E-state index in [0.29, 0.717) is 24.3 Å². The summed E-state index contributed by atoms with van der Waals surface area (Å²) in [5.74, 6) is 0.409. The smallest absolute Gasteiger partial charge is 0.326 e. The van der Waals surface area contributed by atoms with Gasteiger partial charge in [0, 0.05) is 29.7 Å². The van der Waals surface area contributed by atoms with Crippen LogP contribution in [0.1, 0.15) is 23.1 Å². The maximum Gasteiger partial charge on any atom is 0.420 e. The first-order chi connectivity index (χ1) is 14.4. The number of hydrogen-bond acceptors (Lipinski definition) is 5. The zero-order valence-corrected chi connectivity index (χ0v) is 16.5. The summed E-state index contributed by atoms with van der Waals surface area (Å²) in [5, 5.41) is 5.63. The maximum absolute atomic E-state index is 13.4. The monoisotopic (exact) mass is 430 g/mol. The number of amides is 1. The molecule has 4 rings (SSSR count). The van der Waals surface area contributed by atoms with Crippen LogP contribution in [0.25, 0.3) is 0 Å². The number of thioether (sulfide) groups is 1. The van der Waals surface area contributed by atoms with Crippen LogP contribution >= 0.6 is 11.8 Å². The highest BCUT2D eigenvalue weighted by molar-refractivity contribution is 7.98. The lowest BCUT2D eigenvalue weighted by Crippen LogP contribution is -2.18. The van der Waals surface area contributed by atoms with Crippen molar-refractivity contribution in [3.05, 3.63) is 71.4 Å². The standard InChI is InChI=1S/C21H17F3N4OS/c22-21(23,24)16-11-25-20(28-19(16)30-12-13-4-2-1-3-5-13)26-15-7-8-17-14(10-15)6-9-18(29)27-17/h1-5,7-8,10-11H,6,9,12H2,(H,27,29)(H,25,26,28). The Labute approximate surface area is 175 Å². The van der Waals surface area contributed by atoms with Gasteiger partial charge in [-0.15, -0.1) is 11.8 Å². The van der Waals surface area contributed by atoms with Gasteiger partial charge < -0.3 is 10.6 Å². The molecule has 0 radical (unpaired) electrons. The molecule has 154 valence electrons. The highest BCUT2D eigenvalue weighted by Gasteiger charge is 2.35. The number of carbonyl (C=O) groups excluding carboxylic acids is 1. The van der Waals surface area contributed by atoms with Gasteiger partial charge in [-0.1, -0.05) is 30.3 Å². The van der Waals surface area contributed by atoms with Crippen molar-refractivity contribution in [2.24, 2.45) is 0 Å². The van der Waals surface area contributed by atoms with E-state index in [2.05, 4.69) is 20.6 Å². The molecule has 2 N–H and O–H groups in total. The van der Waals surface area contributed by atoms with Crippen LogP contribution in [-0.4, -0.2) is 15.9 Å². The Bertz CT molecular complexity index is 1070. The Balaban J connectivity index is 1.57. The van der Waals surface area contributed by atoms with Crippen molar-refractivity contribution >= 4 is 35.0 Å². The molecule has 2 aromatic carbocycles. The van der Waals surface area contributed by atoms with Crippen molar-refractivity contribution in [2.75, 3.05) is 10.6 Å². The first-order valence-electron chi connectivity index (χ1n) is 9.19. The number of anilines is 3. The summed E-state index contributed by atoms with van der Waals surface area (Å²) in [6.07, 6.45) is -2.74. The first kappa shape index (κ1) is 20.2. The van der Waals surface area contributed by atoms with Gasteiger partial charge in [-0.25, -0.2) is 9.97 Å². The van der Waals surface area contributed by atoms with Crippen molar-refractivity contribution < 1.29 is 18.0 Å². The predicted octanol–water partition coefficient (Wildman–Crippen LogP) is 5.42. The molecule has 0 saturated heterocycles. The van der Waals surface area contributed by atoms with Crippen LogP contribution < -0.4 is 10.6 Å². The second kappa shape index (κ2) is 8.35. The molecule has 0 bridgehead atoms. The molecular weight excluding hydrogens is 413 g/mol. The van der Waals surface area contributed by atoms with Crippen LogP contribution in [-0.2, 0) is 23.1 Å². The van der Waals surface area contributed by atoms with E-state index in [1.807, 2.05) is 36.4 Å². The number of nitrogens with zero attached hydrogens (tertiary/aromatic N) is 2. The van der Waals surface area contributed by atoms with Gasteiger partial charge in [-0.2, -0.15) is 13.2 Å². The Morgan fingerprint density at radius 2 is 1.90 bits per heavy atom. The molecule has 0 saturated carbocycles. The molecule has 0 spiro atoms. The number of fused-ring (bicyclic) bond motifs is 1. The third kappa shape index (κ3) is 4.73. The van der Waals surface area contributed by atoms with Crippen LogP contribution in [0, 0.1) is 0 Å². The van der Waals surface area contributed by atoms with E-state index in [1.54, 1.807) is 12.1 Å². The molecule has 1 aliphatic heterocycles. The van der Waals surface area contributed by atoms with E-state index >= 15 is 0 Å². The molecule has 5 nitrogen and oxygen atoms in total. The number of alkyl halides is 3. The van der Waals surface area contributed by atoms with Gasteiger partial charge in [0.15, 0.2) is 0 Å². The SMILES string of the molecule is O=C1CCc2cc(Nc3ncc(C(F)(F)F)c(SCc4ccccc4)n3)ccc2N1. The molecule has 30 heavy (non-hydrogen) atoms. The van der Waals surface area contributed by atoms with Gasteiger partial charge in [0.05, 0.1) is 0 Å². The lowest BCUT2D eigenvalue weighted by Gasteiger charge is -2.18. The van der Waals surface area contributed by atoms with Crippen molar-refractivity contribution in [1.29, 1.82) is 0 Å². The van der Waals surface area contributed by atoms with Gasteiger partial charge in [0.2, 0.25) is 11.9 Å². The molecule has 0 aliphatic carbocycles. The van der Waals surface area contributed by atoms with Crippen LogP contribution in [0.15, 0.2) is 59.8 Å². The molecule has 1 aromatic heterocycles. The van der Waals surface area contributed by atoms with Gasteiger partial charge in [0.1, 0.15) is 10.6 Å². The Hall–Kier alpha value is -3.07. The summed E-state index contributed by atoms with van der Waals surface area (Å²) in [6.45, 7) is 0. The zero-order valence-electron chi connectivity index (χ0n) is 15.7. The average molecular weight is 430 g/mol. The Morgan fingerprint density at radius 3 is 2.67 bits per heavy atom. The van der Waals surface area contributed by atoms with E-state index < -0.39 is 11.7 Å². The summed E-state index contributed by atoms with van der Waals surface area (Å²) in [7, 11) is 0. The minimum atomic E-state index is -4.54. The van der Waals surface area contributed by atoms with Gasteiger partial charge in [-0.3, -0.25) is 4.79 Å². The summed E-state index contributed by atoms with van der Waals surface area (Å²) in [4.78, 5) is 19.5. The first-order valence-corrected chi connectivity index (χ1v) is 10.2. The van der Waals surface area contributed by atoms with Crippen LogP contribution in [0.4, 0.5) is 30.5 Å². The molecule has 1 amide bonds. The van der Waals surface area contributed by atoms with E-state index in [9.17, 15) is 18.0 Å². The molecule has 0 atom stereocenters. The van der Waals surface area contributed by atoms with Crippen molar-refractivity contribution in [1.82, 2.24) is 9.97 Å². The van der Waals surface area contributed by atoms with Crippen LogP contribution in [0.3, 0.4) is 0 Å². The molecule has 3 aromatic rings. The highest BCUT2D eigenvalue weighted by Crippen LogP contribution is 2.37. The number of hydrogen-bond donors (Lipinski definition) is 2. The zero-order chi connectivity index (χ0) is 21.1. The van der Waals surface area contributed by atoms with E-state index in [0.717, 1.165) is 34.8 Å². The van der Waals surface area contributed by atoms with E-state index in [4.69, 9.17) is 0 Å². The molecule has 0 fully saturated rings. The summed E-state index contributed by atoms with van der Waals surface area (Å²) < 4.78 is 40.2. The molecular formula is C21H17F3N4OS. The topological polar surface area (TPSA) is 66.9 Å². The Morgan fingerprint density at radius 1 is 1.10 bits per heavy atom. The highest BCUT2D eigenvalue weighted by atomic mass is 32.2. The summed E-state index contributed by atoms with van der Waals surface area (Å²) in [5.41, 5.74) is 2.38. The second-order valence-corrected chi connectivity index (χ2v) is 7.69. The lowest BCUT2D eigenvalue weighted by atomic mass is 10.0. The molecule has 0 unspecified atom stereocenters. The largest absolute Gasteiger partial charge is 0.420 e. The number of aromatic nitrogens is 2. The van der Waals surface area contributed by atoms with Crippen molar-refractivity contribution in [3.8, 4) is 0 Å². The van der Waals surface area contributed by atoms with Crippen molar-refractivity contribution in [3.63, 3.8) is 0 Å². The number of aryl methyl sites for hydroxylation is 1. The fraction of sp³-hybridized carbons (Fsp3) is 0.190. The second-order valence-electron chi connectivity index (χ2n) is 6.73. The minimum Gasteiger partial charge on any atom is -0.326 e. The minimum absolute atomic E-state index is 0.0330. The summed E-state index contributed by atoms with van der Waals surface area (Å²) in [6, 6.07) is 14.6. The fourth-order valence-electron chi connectivity index (χ4n) is 3.05. The quantitative estimate of drug-likeness (QED) is 0.418. The van der Waals surface area contributed by atoms with Gasteiger partial charge in [0.25, 0.3) is 0 Å². The lowest BCUT2D eigenvalue weighted by molar-refractivity contribution is -0.140. The van der Waals surface area contributed by atoms with Crippen molar-refractivity contribution in [2.45, 2.75) is 29.8 Å². The third-order valence-corrected chi connectivity index (χ3v) is 5.60. The average Bonchev–Trinajstić information content (AvgIpc) is 2.72. The molecule has 1 aliphatic rings. The summed E-state index contributed by atoms with van der Waals surface area (Å²) >= 11 is 1.02. The van der Waals surface area contributed by atoms with Gasteiger partial charge >= 0.3 is 6.18 Å². The van der Waals surface area contributed by atoms with Gasteiger partial charge in [-0.05, 0) is 35.7 Å². The number of carbonyl (C=O) groups is 1. The normalized spacial score (nSPS) is 13.5. The number of nitrogens with one attached hydrogen (secondary N) is 2. The number of benzene rings is 2.